The molecule has 0 aliphatic carbocycles. The van der Waals surface area contributed by atoms with Gasteiger partial charge in [0.25, 0.3) is 11.8 Å². The van der Waals surface area contributed by atoms with Gasteiger partial charge in [0.2, 0.25) is 0 Å². The van der Waals surface area contributed by atoms with E-state index in [2.05, 4.69) is 33.2 Å². The zero-order valence-corrected chi connectivity index (χ0v) is 15.8. The van der Waals surface area contributed by atoms with Gasteiger partial charge in [-0.05, 0) is 65.8 Å². The molecule has 2 aromatic carbocycles. The minimum atomic E-state index is -0.238. The van der Waals surface area contributed by atoms with Crippen LogP contribution in [0.3, 0.4) is 0 Å². The Bertz CT molecular complexity index is 773. The number of para-hydroxylation sites is 1. The molecule has 0 aromatic heterocycles. The number of carbonyl (C=O) groups excluding carboxylic acids is 2. The van der Waals surface area contributed by atoms with Crippen LogP contribution in [0.15, 0.2) is 48.5 Å². The van der Waals surface area contributed by atoms with Crippen molar-refractivity contribution in [1.82, 2.24) is 5.32 Å². The topological polar surface area (TPSA) is 67.4 Å². The average Bonchev–Trinajstić information content (AvgIpc) is 3.13. The van der Waals surface area contributed by atoms with Crippen LogP contribution >= 0.6 is 22.6 Å². The largest absolute Gasteiger partial charge is 0.376 e. The number of hydrogen-bond acceptors (Lipinski definition) is 3. The molecule has 0 spiro atoms. The second-order valence-corrected chi connectivity index (χ2v) is 7.10. The van der Waals surface area contributed by atoms with Gasteiger partial charge in [-0.2, -0.15) is 0 Å². The molecule has 6 heteroatoms. The highest BCUT2D eigenvalue weighted by atomic mass is 127. The zero-order valence-electron chi connectivity index (χ0n) is 13.6. The van der Waals surface area contributed by atoms with Crippen LogP contribution in [0.25, 0.3) is 0 Å². The molecule has 25 heavy (non-hydrogen) atoms. The molecule has 0 saturated carbocycles. The van der Waals surface area contributed by atoms with Gasteiger partial charge < -0.3 is 15.4 Å². The summed E-state index contributed by atoms with van der Waals surface area (Å²) in [5.74, 6) is -0.452. The highest BCUT2D eigenvalue weighted by molar-refractivity contribution is 14.1. The first kappa shape index (κ1) is 17.9. The molecule has 130 valence electrons. The summed E-state index contributed by atoms with van der Waals surface area (Å²) in [4.78, 5) is 24.9. The number of ether oxygens (including phenoxy) is 1. The SMILES string of the molecule is O=C(Nc1ccccc1C(=O)NC[C@H]1CCCO1)c1cccc(I)c1. The van der Waals surface area contributed by atoms with E-state index in [0.29, 0.717) is 23.4 Å². The summed E-state index contributed by atoms with van der Waals surface area (Å²) in [5.41, 5.74) is 1.50. The van der Waals surface area contributed by atoms with Crippen LogP contribution in [0, 0.1) is 3.57 Å². The van der Waals surface area contributed by atoms with E-state index in [1.807, 2.05) is 12.1 Å². The average molecular weight is 450 g/mol. The smallest absolute Gasteiger partial charge is 0.255 e. The van der Waals surface area contributed by atoms with Crippen molar-refractivity contribution in [2.45, 2.75) is 18.9 Å². The Morgan fingerprint density at radius 1 is 1.12 bits per heavy atom. The summed E-state index contributed by atoms with van der Waals surface area (Å²) >= 11 is 2.16. The van der Waals surface area contributed by atoms with Crippen molar-refractivity contribution in [3.8, 4) is 0 Å². The minimum absolute atomic E-state index is 0.0806. The number of amides is 2. The van der Waals surface area contributed by atoms with Crippen LogP contribution in [-0.4, -0.2) is 31.1 Å². The monoisotopic (exact) mass is 450 g/mol. The van der Waals surface area contributed by atoms with E-state index in [-0.39, 0.29) is 17.9 Å². The molecule has 0 bridgehead atoms. The fourth-order valence-corrected chi connectivity index (χ4v) is 3.26. The van der Waals surface area contributed by atoms with E-state index < -0.39 is 0 Å². The summed E-state index contributed by atoms with van der Waals surface area (Å²) in [6.45, 7) is 1.24. The van der Waals surface area contributed by atoms with E-state index in [4.69, 9.17) is 4.74 Å². The number of anilines is 1. The van der Waals surface area contributed by atoms with Crippen molar-refractivity contribution in [1.29, 1.82) is 0 Å². The summed E-state index contributed by atoms with van der Waals surface area (Å²) < 4.78 is 6.50. The van der Waals surface area contributed by atoms with Crippen molar-refractivity contribution in [2.75, 3.05) is 18.5 Å². The van der Waals surface area contributed by atoms with Crippen molar-refractivity contribution in [3.63, 3.8) is 0 Å². The molecule has 1 aliphatic rings. The van der Waals surface area contributed by atoms with Crippen molar-refractivity contribution in [3.05, 3.63) is 63.2 Å². The third-order valence-corrected chi connectivity index (χ3v) is 4.69. The number of nitrogens with one attached hydrogen (secondary N) is 2. The fraction of sp³-hybridized carbons (Fsp3) is 0.263. The van der Waals surface area contributed by atoms with Crippen LogP contribution in [-0.2, 0) is 4.74 Å². The molecule has 2 amide bonds. The van der Waals surface area contributed by atoms with E-state index >= 15 is 0 Å². The van der Waals surface area contributed by atoms with Gasteiger partial charge in [-0.25, -0.2) is 0 Å². The van der Waals surface area contributed by atoms with E-state index in [1.165, 1.54) is 0 Å². The molecule has 5 nitrogen and oxygen atoms in total. The van der Waals surface area contributed by atoms with Crippen molar-refractivity contribution < 1.29 is 14.3 Å². The summed E-state index contributed by atoms with van der Waals surface area (Å²) in [7, 11) is 0. The predicted molar refractivity (Wildman–Crippen MR) is 105 cm³/mol. The molecular weight excluding hydrogens is 431 g/mol. The van der Waals surface area contributed by atoms with Gasteiger partial charge in [0.1, 0.15) is 0 Å². The van der Waals surface area contributed by atoms with Crippen LogP contribution < -0.4 is 10.6 Å². The maximum absolute atomic E-state index is 12.5. The number of benzene rings is 2. The first-order valence-electron chi connectivity index (χ1n) is 8.19. The molecule has 2 N–H and O–H groups in total. The van der Waals surface area contributed by atoms with E-state index in [0.717, 1.165) is 23.0 Å². The highest BCUT2D eigenvalue weighted by Gasteiger charge is 2.18. The van der Waals surface area contributed by atoms with Gasteiger partial charge in [0.15, 0.2) is 0 Å². The quantitative estimate of drug-likeness (QED) is 0.686. The van der Waals surface area contributed by atoms with Gasteiger partial charge in [0.05, 0.1) is 17.4 Å². The molecule has 1 aliphatic heterocycles. The Balaban J connectivity index is 1.69. The third-order valence-electron chi connectivity index (χ3n) is 4.02. The molecule has 0 unspecified atom stereocenters. The fourth-order valence-electron chi connectivity index (χ4n) is 2.72. The normalized spacial score (nSPS) is 16.4. The van der Waals surface area contributed by atoms with Crippen LogP contribution in [0.1, 0.15) is 33.6 Å². The lowest BCUT2D eigenvalue weighted by Crippen LogP contribution is -2.32. The van der Waals surface area contributed by atoms with Gasteiger partial charge in [0, 0.05) is 22.3 Å². The number of hydrogen-bond donors (Lipinski definition) is 2. The minimum Gasteiger partial charge on any atom is -0.376 e. The second-order valence-electron chi connectivity index (χ2n) is 5.86. The standard InChI is InChI=1S/C19H19IN2O3/c20-14-6-3-5-13(11-14)18(23)22-17-9-2-1-8-16(17)19(24)21-12-15-7-4-10-25-15/h1-3,5-6,8-9,11,15H,4,7,10,12H2,(H,21,24)(H,22,23)/t15-/m1/s1. The van der Waals surface area contributed by atoms with Crippen LogP contribution in [0.2, 0.25) is 0 Å². The summed E-state index contributed by atoms with van der Waals surface area (Å²) in [6, 6.07) is 14.3. The molecule has 1 heterocycles. The van der Waals surface area contributed by atoms with Gasteiger partial charge in [-0.1, -0.05) is 18.2 Å². The molecule has 0 radical (unpaired) electrons. The Kier molecular flexibility index (Phi) is 6.04. The lowest BCUT2D eigenvalue weighted by Gasteiger charge is -2.14. The van der Waals surface area contributed by atoms with Gasteiger partial charge in [-0.3, -0.25) is 9.59 Å². The van der Waals surface area contributed by atoms with E-state index in [1.54, 1.807) is 36.4 Å². The highest BCUT2D eigenvalue weighted by Crippen LogP contribution is 2.18. The Morgan fingerprint density at radius 3 is 2.72 bits per heavy atom. The molecular formula is C19H19IN2O3. The van der Waals surface area contributed by atoms with Gasteiger partial charge in [-0.15, -0.1) is 0 Å². The van der Waals surface area contributed by atoms with Crippen molar-refractivity contribution in [2.24, 2.45) is 0 Å². The molecule has 1 saturated heterocycles. The number of halogens is 1. The second kappa shape index (κ2) is 8.44. The lowest BCUT2D eigenvalue weighted by molar-refractivity contribution is 0.0858. The number of carbonyl (C=O) groups is 2. The molecule has 1 fully saturated rings. The zero-order chi connectivity index (χ0) is 17.6. The number of rotatable bonds is 5. The van der Waals surface area contributed by atoms with E-state index in [9.17, 15) is 9.59 Å². The Labute approximate surface area is 160 Å². The van der Waals surface area contributed by atoms with Crippen molar-refractivity contribution >= 4 is 40.1 Å². The first-order valence-corrected chi connectivity index (χ1v) is 9.27. The Morgan fingerprint density at radius 2 is 1.96 bits per heavy atom. The molecule has 3 rings (SSSR count). The first-order chi connectivity index (χ1) is 12.1. The third kappa shape index (κ3) is 4.79. The summed E-state index contributed by atoms with van der Waals surface area (Å²) in [5, 5.41) is 5.72. The van der Waals surface area contributed by atoms with Crippen LogP contribution in [0.5, 0.6) is 0 Å². The van der Waals surface area contributed by atoms with Gasteiger partial charge >= 0.3 is 0 Å². The predicted octanol–water partition coefficient (Wildman–Crippen LogP) is 3.45. The molecule has 1 atom stereocenters. The van der Waals surface area contributed by atoms with Crippen LogP contribution in [0.4, 0.5) is 5.69 Å². The maximum Gasteiger partial charge on any atom is 0.255 e. The molecule has 2 aromatic rings. The maximum atomic E-state index is 12.5. The Hall–Kier alpha value is -1.93. The summed E-state index contributed by atoms with van der Waals surface area (Å²) in [6.07, 6.45) is 2.08. The lowest BCUT2D eigenvalue weighted by atomic mass is 10.1.